The molecule has 2 saturated heterocycles. The first-order chi connectivity index (χ1) is 12.0. The van der Waals surface area contributed by atoms with Gasteiger partial charge in [0, 0.05) is 17.6 Å². The molecule has 2 aromatic carbocycles. The Balaban J connectivity index is 1.55. The molecule has 1 amide bonds. The molecule has 0 saturated carbocycles. The molecule has 2 fully saturated rings. The summed E-state index contributed by atoms with van der Waals surface area (Å²) in [6.45, 7) is 0. The lowest BCUT2D eigenvalue weighted by Crippen LogP contribution is -2.46. The lowest BCUT2D eigenvalue weighted by molar-refractivity contribution is 0.0571. The molecule has 3 nitrogen and oxygen atoms in total. The number of piperidine rings is 1. The molecule has 2 aliphatic rings. The molecule has 2 bridgehead atoms. The topological polar surface area (TPSA) is 46.3 Å². The first-order valence-electron chi connectivity index (χ1n) is 8.66. The quantitative estimate of drug-likeness (QED) is 0.797. The predicted molar refractivity (Wildman–Crippen MR) is 97.2 cm³/mol. The number of rotatable bonds is 2. The van der Waals surface area contributed by atoms with Crippen molar-refractivity contribution in [3.63, 3.8) is 0 Å². The van der Waals surface area contributed by atoms with Crippen LogP contribution in [0.4, 0.5) is 10.1 Å². The molecule has 2 aliphatic heterocycles. The van der Waals surface area contributed by atoms with Crippen LogP contribution in [0.25, 0.3) is 0 Å². The molecule has 2 aromatic rings. The largest absolute Gasteiger partial charge is 0.398 e. The number of nitrogen functional groups attached to an aromatic ring is 1. The molecule has 5 heteroatoms. The monoisotopic (exact) mass is 358 g/mol. The number of hydrogen-bond acceptors (Lipinski definition) is 2. The van der Waals surface area contributed by atoms with E-state index in [9.17, 15) is 9.18 Å². The van der Waals surface area contributed by atoms with Crippen LogP contribution in [-0.2, 0) is 0 Å². The van der Waals surface area contributed by atoms with Crippen molar-refractivity contribution < 1.29 is 9.18 Å². The smallest absolute Gasteiger partial charge is 0.254 e. The predicted octanol–water partition coefficient (Wildman–Crippen LogP) is 4.61. The van der Waals surface area contributed by atoms with Crippen molar-refractivity contribution in [3.8, 4) is 0 Å². The summed E-state index contributed by atoms with van der Waals surface area (Å²) >= 11 is 6.07. The molecule has 25 heavy (non-hydrogen) atoms. The maximum absolute atomic E-state index is 13.2. The van der Waals surface area contributed by atoms with E-state index in [1.807, 2.05) is 17.0 Å². The number of nitrogens with zero attached hydrogens (tertiary/aromatic N) is 1. The zero-order valence-corrected chi connectivity index (χ0v) is 14.5. The Kier molecular flexibility index (Phi) is 4.16. The van der Waals surface area contributed by atoms with Crippen molar-refractivity contribution in [3.05, 3.63) is 64.4 Å². The van der Waals surface area contributed by atoms with Gasteiger partial charge in [0.15, 0.2) is 0 Å². The van der Waals surface area contributed by atoms with Crippen LogP contribution in [0.15, 0.2) is 42.5 Å². The van der Waals surface area contributed by atoms with E-state index in [2.05, 4.69) is 0 Å². The molecule has 2 N–H and O–H groups in total. The number of hydrogen-bond donors (Lipinski definition) is 1. The SMILES string of the molecule is Nc1ccc(C(=O)N2[C@@H]3CC[C@H]2C[C@@H](c2ccc(F)cc2)C3)cc1Cl. The van der Waals surface area contributed by atoms with Gasteiger partial charge in [0.2, 0.25) is 0 Å². The second-order valence-electron chi connectivity index (χ2n) is 7.05. The molecule has 0 aliphatic carbocycles. The summed E-state index contributed by atoms with van der Waals surface area (Å²) in [4.78, 5) is 15.0. The van der Waals surface area contributed by atoms with Crippen LogP contribution in [0, 0.1) is 5.82 Å². The highest BCUT2D eigenvalue weighted by atomic mass is 35.5. The van der Waals surface area contributed by atoms with Gasteiger partial charge >= 0.3 is 0 Å². The van der Waals surface area contributed by atoms with Crippen LogP contribution in [-0.4, -0.2) is 22.9 Å². The van der Waals surface area contributed by atoms with Gasteiger partial charge in [-0.15, -0.1) is 0 Å². The third kappa shape index (κ3) is 2.99. The third-order valence-corrected chi connectivity index (χ3v) is 5.88. The zero-order valence-electron chi connectivity index (χ0n) is 13.8. The van der Waals surface area contributed by atoms with E-state index < -0.39 is 0 Å². The molecule has 0 aromatic heterocycles. The van der Waals surface area contributed by atoms with Crippen molar-refractivity contribution in [2.24, 2.45) is 0 Å². The standard InChI is InChI=1S/C20H20ClFN2O/c21-18-11-13(3-8-19(18)23)20(25)24-16-6-7-17(24)10-14(9-16)12-1-4-15(22)5-2-12/h1-5,8,11,14,16-17H,6-7,9-10,23H2/t14-,16+,17-. The fourth-order valence-electron chi connectivity index (χ4n) is 4.32. The Hall–Kier alpha value is -2.07. The van der Waals surface area contributed by atoms with E-state index in [0.29, 0.717) is 22.2 Å². The van der Waals surface area contributed by atoms with Crippen LogP contribution in [0.2, 0.25) is 5.02 Å². The van der Waals surface area contributed by atoms with Crippen molar-refractivity contribution in [1.82, 2.24) is 4.90 Å². The van der Waals surface area contributed by atoms with Crippen molar-refractivity contribution in [2.45, 2.75) is 43.7 Å². The molecule has 0 unspecified atom stereocenters. The van der Waals surface area contributed by atoms with Gasteiger partial charge in [0.05, 0.1) is 10.7 Å². The number of amides is 1. The van der Waals surface area contributed by atoms with E-state index >= 15 is 0 Å². The second-order valence-corrected chi connectivity index (χ2v) is 7.46. The second kappa shape index (κ2) is 6.34. The summed E-state index contributed by atoms with van der Waals surface area (Å²) in [6.07, 6.45) is 3.90. The van der Waals surface area contributed by atoms with E-state index in [1.54, 1.807) is 18.2 Å². The van der Waals surface area contributed by atoms with E-state index in [-0.39, 0.29) is 23.8 Å². The number of carbonyl (C=O) groups excluding carboxylic acids is 1. The van der Waals surface area contributed by atoms with Crippen LogP contribution < -0.4 is 5.73 Å². The lowest BCUT2D eigenvalue weighted by Gasteiger charge is -2.39. The Labute approximate surface area is 151 Å². The van der Waals surface area contributed by atoms with Crippen molar-refractivity contribution >= 4 is 23.2 Å². The fourth-order valence-corrected chi connectivity index (χ4v) is 4.51. The van der Waals surface area contributed by atoms with Crippen molar-refractivity contribution in [1.29, 1.82) is 0 Å². The van der Waals surface area contributed by atoms with Gasteiger partial charge in [0.1, 0.15) is 5.82 Å². The third-order valence-electron chi connectivity index (χ3n) is 5.56. The van der Waals surface area contributed by atoms with Gasteiger partial charge in [-0.1, -0.05) is 23.7 Å². The highest BCUT2D eigenvalue weighted by Crippen LogP contribution is 2.43. The summed E-state index contributed by atoms with van der Waals surface area (Å²) in [5.74, 6) is 0.212. The molecular formula is C20H20ClFN2O. The molecule has 2 heterocycles. The molecular weight excluding hydrogens is 339 g/mol. The van der Waals surface area contributed by atoms with Gasteiger partial charge in [-0.3, -0.25) is 4.79 Å². The summed E-state index contributed by atoms with van der Waals surface area (Å²) in [5.41, 5.74) is 7.99. The van der Waals surface area contributed by atoms with Crippen LogP contribution in [0.1, 0.15) is 47.5 Å². The normalized spacial score (nSPS) is 25.2. The van der Waals surface area contributed by atoms with Gasteiger partial charge in [-0.05, 0) is 67.5 Å². The van der Waals surface area contributed by atoms with Crippen LogP contribution in [0.3, 0.4) is 0 Å². The molecule has 0 radical (unpaired) electrons. The van der Waals surface area contributed by atoms with Gasteiger partial charge < -0.3 is 10.6 Å². The average molecular weight is 359 g/mol. The minimum Gasteiger partial charge on any atom is -0.398 e. The van der Waals surface area contributed by atoms with E-state index in [0.717, 1.165) is 25.7 Å². The van der Waals surface area contributed by atoms with E-state index in [1.165, 1.54) is 17.7 Å². The van der Waals surface area contributed by atoms with Crippen LogP contribution >= 0.6 is 11.6 Å². The zero-order chi connectivity index (χ0) is 17.6. The minimum absolute atomic E-state index is 0.0342. The molecule has 130 valence electrons. The summed E-state index contributed by atoms with van der Waals surface area (Å²) in [7, 11) is 0. The van der Waals surface area contributed by atoms with Crippen molar-refractivity contribution in [2.75, 3.05) is 5.73 Å². The average Bonchev–Trinajstić information content (AvgIpc) is 2.87. The highest BCUT2D eigenvalue weighted by molar-refractivity contribution is 6.33. The minimum atomic E-state index is -0.209. The summed E-state index contributed by atoms with van der Waals surface area (Å²) < 4.78 is 13.2. The molecule has 0 spiro atoms. The first kappa shape index (κ1) is 16.4. The Bertz CT molecular complexity index is 794. The summed E-state index contributed by atoms with van der Waals surface area (Å²) in [6, 6.07) is 12.3. The number of halogens is 2. The fraction of sp³-hybridized carbons (Fsp3) is 0.350. The van der Waals surface area contributed by atoms with Gasteiger partial charge in [0.25, 0.3) is 5.91 Å². The maximum Gasteiger partial charge on any atom is 0.254 e. The number of anilines is 1. The number of carbonyl (C=O) groups is 1. The van der Waals surface area contributed by atoms with E-state index in [4.69, 9.17) is 17.3 Å². The Morgan fingerprint density at radius 3 is 2.32 bits per heavy atom. The Morgan fingerprint density at radius 2 is 1.72 bits per heavy atom. The summed E-state index contributed by atoms with van der Waals surface area (Å²) in [5, 5.41) is 0.416. The molecule has 3 atom stereocenters. The highest BCUT2D eigenvalue weighted by Gasteiger charge is 2.43. The first-order valence-corrected chi connectivity index (χ1v) is 9.04. The number of nitrogens with two attached hydrogens (primary N) is 1. The lowest BCUT2D eigenvalue weighted by atomic mass is 9.85. The maximum atomic E-state index is 13.2. The van der Waals surface area contributed by atoms with Crippen LogP contribution in [0.5, 0.6) is 0 Å². The molecule has 4 rings (SSSR count). The van der Waals surface area contributed by atoms with Gasteiger partial charge in [-0.2, -0.15) is 0 Å². The number of benzene rings is 2. The van der Waals surface area contributed by atoms with Gasteiger partial charge in [-0.25, -0.2) is 4.39 Å². The Morgan fingerprint density at radius 1 is 1.08 bits per heavy atom. The number of fused-ring (bicyclic) bond motifs is 2.